The molecule has 30 heavy (non-hydrogen) atoms. The number of aromatic nitrogens is 4. The molecule has 1 heterocycles. The van der Waals surface area contributed by atoms with Crippen molar-refractivity contribution in [2.45, 2.75) is 39.3 Å². The molecule has 3 aromatic rings. The van der Waals surface area contributed by atoms with Gasteiger partial charge in [-0.3, -0.25) is 4.90 Å². The second kappa shape index (κ2) is 11.3. The Bertz CT molecular complexity index is 898. The monoisotopic (exact) mass is 409 g/mol. The maximum absolute atomic E-state index is 5.41. The summed E-state index contributed by atoms with van der Waals surface area (Å²) in [6.07, 6.45) is 3.31. The van der Waals surface area contributed by atoms with Crippen LogP contribution in [0, 0.1) is 0 Å². The van der Waals surface area contributed by atoms with Gasteiger partial charge in [-0.15, -0.1) is 10.2 Å². The zero-order valence-electron chi connectivity index (χ0n) is 18.1. The first-order valence-corrected chi connectivity index (χ1v) is 10.5. The maximum Gasteiger partial charge on any atom is 0.204 e. The maximum atomic E-state index is 5.41. The first-order chi connectivity index (χ1) is 14.7. The number of benzene rings is 2. The lowest BCUT2D eigenvalue weighted by Crippen LogP contribution is -2.24. The predicted octanol–water partition coefficient (Wildman–Crippen LogP) is 4.05. The average Bonchev–Trinajstić information content (AvgIpc) is 3.27. The van der Waals surface area contributed by atoms with Gasteiger partial charge in [0, 0.05) is 12.1 Å². The van der Waals surface area contributed by atoms with Gasteiger partial charge in [0.15, 0.2) is 11.5 Å². The fourth-order valence-electron chi connectivity index (χ4n) is 3.39. The molecule has 0 N–H and O–H groups in total. The van der Waals surface area contributed by atoms with E-state index in [0.717, 1.165) is 62.5 Å². The molecule has 160 valence electrons. The van der Waals surface area contributed by atoms with Gasteiger partial charge in [0.25, 0.3) is 0 Å². The van der Waals surface area contributed by atoms with E-state index in [1.807, 2.05) is 36.4 Å². The van der Waals surface area contributed by atoms with E-state index >= 15 is 0 Å². The molecule has 7 nitrogen and oxygen atoms in total. The lowest BCUT2D eigenvalue weighted by atomic mass is 10.1. The number of aryl methyl sites for hydroxylation is 1. The third-order valence-corrected chi connectivity index (χ3v) is 5.12. The second-order valence-corrected chi connectivity index (χ2v) is 7.19. The number of ether oxygens (including phenoxy) is 2. The highest BCUT2D eigenvalue weighted by Gasteiger charge is 2.09. The minimum Gasteiger partial charge on any atom is -0.493 e. The molecule has 0 atom stereocenters. The van der Waals surface area contributed by atoms with Crippen molar-refractivity contribution in [3.63, 3.8) is 0 Å². The first-order valence-electron chi connectivity index (χ1n) is 10.5. The summed E-state index contributed by atoms with van der Waals surface area (Å²) >= 11 is 0. The zero-order chi connectivity index (χ0) is 21.2. The molecule has 0 saturated carbocycles. The van der Waals surface area contributed by atoms with Crippen molar-refractivity contribution in [2.24, 2.45) is 0 Å². The molecule has 0 aliphatic rings. The Morgan fingerprint density at radius 1 is 0.933 bits per heavy atom. The molecule has 7 heteroatoms. The van der Waals surface area contributed by atoms with Crippen molar-refractivity contribution in [3.05, 3.63) is 54.1 Å². The lowest BCUT2D eigenvalue weighted by molar-refractivity contribution is 0.270. The molecule has 0 fully saturated rings. The number of unbranched alkanes of at least 4 members (excludes halogenated alkanes) is 2. The highest BCUT2D eigenvalue weighted by Crippen LogP contribution is 2.28. The van der Waals surface area contributed by atoms with Crippen LogP contribution in [-0.4, -0.2) is 52.4 Å². The van der Waals surface area contributed by atoms with Gasteiger partial charge in [0.05, 0.1) is 20.8 Å². The van der Waals surface area contributed by atoms with E-state index in [-0.39, 0.29) is 0 Å². The number of tetrazole rings is 1. The summed E-state index contributed by atoms with van der Waals surface area (Å²) in [5, 5.41) is 12.8. The summed E-state index contributed by atoms with van der Waals surface area (Å²) in [6.45, 7) is 5.97. The van der Waals surface area contributed by atoms with Crippen LogP contribution < -0.4 is 9.47 Å². The van der Waals surface area contributed by atoms with Crippen molar-refractivity contribution in [1.29, 1.82) is 0 Å². The van der Waals surface area contributed by atoms with E-state index in [4.69, 9.17) is 9.47 Å². The predicted molar refractivity (Wildman–Crippen MR) is 118 cm³/mol. The molecular formula is C23H31N5O2. The molecule has 0 aliphatic carbocycles. The number of rotatable bonds is 12. The van der Waals surface area contributed by atoms with Crippen molar-refractivity contribution in [1.82, 2.24) is 25.1 Å². The molecule has 2 aromatic carbocycles. The Labute approximate surface area is 178 Å². The van der Waals surface area contributed by atoms with Crippen LogP contribution in [0.5, 0.6) is 11.5 Å². The van der Waals surface area contributed by atoms with Gasteiger partial charge in [-0.25, -0.2) is 0 Å². The van der Waals surface area contributed by atoms with E-state index in [1.54, 1.807) is 19.0 Å². The summed E-state index contributed by atoms with van der Waals surface area (Å²) in [7, 11) is 3.33. The standard InChI is InChI=1S/C23H31N5O2/c1-4-27(18-19-13-14-21(29-2)22(17-19)30-3)15-9-6-10-16-28-25-23(24-26-28)20-11-7-5-8-12-20/h5,7-8,11-14,17H,4,6,9-10,15-16,18H2,1-3H3. The summed E-state index contributed by atoms with van der Waals surface area (Å²) in [4.78, 5) is 4.14. The lowest BCUT2D eigenvalue weighted by Gasteiger charge is -2.21. The van der Waals surface area contributed by atoms with Gasteiger partial charge in [-0.1, -0.05) is 49.7 Å². The molecule has 0 unspecified atom stereocenters. The molecule has 0 aliphatic heterocycles. The van der Waals surface area contributed by atoms with Crippen molar-refractivity contribution < 1.29 is 9.47 Å². The van der Waals surface area contributed by atoms with Crippen LogP contribution in [-0.2, 0) is 13.1 Å². The normalized spacial score (nSPS) is 11.1. The highest BCUT2D eigenvalue weighted by atomic mass is 16.5. The fourth-order valence-corrected chi connectivity index (χ4v) is 3.39. The Balaban J connectivity index is 1.40. The molecule has 0 amide bonds. The van der Waals surface area contributed by atoms with Crippen LogP contribution in [0.15, 0.2) is 48.5 Å². The summed E-state index contributed by atoms with van der Waals surface area (Å²) in [5.74, 6) is 2.23. The van der Waals surface area contributed by atoms with Crippen LogP contribution in [0.2, 0.25) is 0 Å². The number of hydrogen-bond donors (Lipinski definition) is 0. The van der Waals surface area contributed by atoms with E-state index in [2.05, 4.69) is 39.4 Å². The third kappa shape index (κ3) is 6.03. The van der Waals surface area contributed by atoms with Crippen LogP contribution in [0.3, 0.4) is 0 Å². The van der Waals surface area contributed by atoms with Gasteiger partial charge < -0.3 is 9.47 Å². The van der Waals surface area contributed by atoms with Gasteiger partial charge in [0.2, 0.25) is 5.82 Å². The Morgan fingerprint density at radius 3 is 2.47 bits per heavy atom. The molecule has 0 bridgehead atoms. The topological polar surface area (TPSA) is 65.3 Å². The molecule has 1 aromatic heterocycles. The Kier molecular flexibility index (Phi) is 8.20. The van der Waals surface area contributed by atoms with Crippen molar-refractivity contribution in [2.75, 3.05) is 27.3 Å². The molecule has 0 radical (unpaired) electrons. The van der Waals surface area contributed by atoms with Crippen LogP contribution in [0.4, 0.5) is 0 Å². The Morgan fingerprint density at radius 2 is 1.73 bits per heavy atom. The van der Waals surface area contributed by atoms with E-state index in [1.165, 1.54) is 5.56 Å². The number of methoxy groups -OCH3 is 2. The average molecular weight is 410 g/mol. The first kappa shape index (κ1) is 21.8. The van der Waals surface area contributed by atoms with Gasteiger partial charge in [-0.05, 0) is 48.8 Å². The van der Waals surface area contributed by atoms with E-state index in [0.29, 0.717) is 5.82 Å². The van der Waals surface area contributed by atoms with Crippen LogP contribution in [0.1, 0.15) is 31.7 Å². The van der Waals surface area contributed by atoms with Gasteiger partial charge >= 0.3 is 0 Å². The van der Waals surface area contributed by atoms with E-state index in [9.17, 15) is 0 Å². The van der Waals surface area contributed by atoms with Crippen molar-refractivity contribution >= 4 is 0 Å². The quantitative estimate of drug-likeness (QED) is 0.421. The third-order valence-electron chi connectivity index (χ3n) is 5.12. The molecular weight excluding hydrogens is 378 g/mol. The minimum absolute atomic E-state index is 0.683. The molecule has 0 saturated heterocycles. The summed E-state index contributed by atoms with van der Waals surface area (Å²) in [5.41, 5.74) is 2.23. The van der Waals surface area contributed by atoms with Gasteiger partial charge in [-0.2, -0.15) is 4.80 Å². The van der Waals surface area contributed by atoms with Crippen LogP contribution in [0.25, 0.3) is 11.4 Å². The minimum atomic E-state index is 0.683. The largest absolute Gasteiger partial charge is 0.493 e. The molecule has 0 spiro atoms. The summed E-state index contributed by atoms with van der Waals surface area (Å²) in [6, 6.07) is 16.1. The molecule has 3 rings (SSSR count). The van der Waals surface area contributed by atoms with Crippen LogP contribution >= 0.6 is 0 Å². The van der Waals surface area contributed by atoms with Gasteiger partial charge in [0.1, 0.15) is 0 Å². The van der Waals surface area contributed by atoms with E-state index < -0.39 is 0 Å². The second-order valence-electron chi connectivity index (χ2n) is 7.19. The summed E-state index contributed by atoms with van der Waals surface area (Å²) < 4.78 is 10.7. The smallest absolute Gasteiger partial charge is 0.204 e. The fraction of sp³-hybridized carbons (Fsp3) is 0.435. The number of nitrogens with zero attached hydrogens (tertiary/aromatic N) is 5. The highest BCUT2D eigenvalue weighted by molar-refractivity contribution is 5.52. The van der Waals surface area contributed by atoms with Crippen molar-refractivity contribution in [3.8, 4) is 22.9 Å². The number of hydrogen-bond acceptors (Lipinski definition) is 6. The SMILES string of the molecule is CCN(CCCCCn1nnc(-c2ccccc2)n1)Cc1ccc(OC)c(OC)c1. The zero-order valence-corrected chi connectivity index (χ0v) is 18.1. The Hall–Kier alpha value is -2.93.